The Morgan fingerprint density at radius 1 is 1.29 bits per heavy atom. The zero-order valence-corrected chi connectivity index (χ0v) is 17.0. The second-order valence-electron chi connectivity index (χ2n) is 9.29. The summed E-state index contributed by atoms with van der Waals surface area (Å²) in [6.07, 6.45) is 2.42. The number of carbonyl (C=O) groups excluding carboxylic acids is 1. The van der Waals surface area contributed by atoms with Gasteiger partial charge in [-0.3, -0.25) is 4.79 Å². The van der Waals surface area contributed by atoms with Crippen molar-refractivity contribution < 1.29 is 9.22 Å². The van der Waals surface area contributed by atoms with Crippen LogP contribution in [-0.4, -0.2) is 14.1 Å². The summed E-state index contributed by atoms with van der Waals surface area (Å²) in [7, 11) is -1.91. The van der Waals surface area contributed by atoms with Crippen molar-refractivity contribution in [2.24, 2.45) is 5.41 Å². The van der Waals surface area contributed by atoms with Crippen LogP contribution in [0.5, 0.6) is 5.75 Å². The molecule has 0 radical (unpaired) electrons. The highest BCUT2D eigenvalue weighted by atomic mass is 28.4. The number of Topliss-reactive ketones (excluding diaryl/α,β-unsaturated/α-hetero) is 1. The maximum absolute atomic E-state index is 12.5. The first-order chi connectivity index (χ1) is 11.0. The number of carbonyl (C=O) groups is 1. The van der Waals surface area contributed by atoms with Crippen LogP contribution in [0.3, 0.4) is 0 Å². The van der Waals surface area contributed by atoms with Crippen LogP contribution in [0.4, 0.5) is 0 Å². The van der Waals surface area contributed by atoms with Crippen LogP contribution < -0.4 is 4.43 Å². The molecule has 130 valence electrons. The van der Waals surface area contributed by atoms with Crippen LogP contribution >= 0.6 is 0 Å². The lowest BCUT2D eigenvalue weighted by atomic mass is 9.65. The average molecular weight is 343 g/mol. The van der Waals surface area contributed by atoms with E-state index in [4.69, 9.17) is 4.43 Å². The van der Waals surface area contributed by atoms with E-state index in [-0.39, 0.29) is 10.5 Å². The summed E-state index contributed by atoms with van der Waals surface area (Å²) in [5.74, 6) is 1.69. The maximum atomic E-state index is 12.5. The fourth-order valence-electron chi connectivity index (χ4n) is 4.06. The molecule has 1 fully saturated rings. The molecule has 0 aromatic heterocycles. The van der Waals surface area contributed by atoms with E-state index >= 15 is 0 Å². The molecule has 0 aliphatic heterocycles. The van der Waals surface area contributed by atoms with E-state index < -0.39 is 8.32 Å². The van der Waals surface area contributed by atoms with Crippen LogP contribution in [0.25, 0.3) is 5.57 Å². The summed E-state index contributed by atoms with van der Waals surface area (Å²) in [6.45, 7) is 17.8. The smallest absolute Gasteiger partial charge is 0.250 e. The van der Waals surface area contributed by atoms with E-state index in [1.54, 1.807) is 0 Å². The Labute approximate surface area is 147 Å². The van der Waals surface area contributed by atoms with Gasteiger partial charge in [0.15, 0.2) is 0 Å². The predicted molar refractivity (Wildman–Crippen MR) is 103 cm³/mol. The van der Waals surface area contributed by atoms with Crippen molar-refractivity contribution >= 4 is 19.7 Å². The van der Waals surface area contributed by atoms with Gasteiger partial charge in [0.2, 0.25) is 0 Å². The van der Waals surface area contributed by atoms with Gasteiger partial charge in [-0.05, 0) is 54.1 Å². The number of ketones is 1. The number of fused-ring (bicyclic) bond motifs is 3. The third kappa shape index (κ3) is 2.48. The summed E-state index contributed by atoms with van der Waals surface area (Å²) in [6, 6.07) is 6.35. The Kier molecular flexibility index (Phi) is 3.87. The molecule has 2 atom stereocenters. The minimum absolute atomic E-state index is 0.156. The van der Waals surface area contributed by atoms with E-state index in [1.807, 2.05) is 0 Å². The van der Waals surface area contributed by atoms with Crippen molar-refractivity contribution in [3.63, 3.8) is 0 Å². The van der Waals surface area contributed by atoms with E-state index in [1.165, 1.54) is 11.1 Å². The lowest BCUT2D eigenvalue weighted by molar-refractivity contribution is -0.125. The molecule has 1 aromatic rings. The van der Waals surface area contributed by atoms with E-state index in [0.29, 0.717) is 18.1 Å². The number of hydrogen-bond acceptors (Lipinski definition) is 2. The van der Waals surface area contributed by atoms with Crippen molar-refractivity contribution in [3.05, 3.63) is 35.9 Å². The van der Waals surface area contributed by atoms with Crippen LogP contribution in [0.2, 0.25) is 18.1 Å². The first kappa shape index (κ1) is 17.5. The summed E-state index contributed by atoms with van der Waals surface area (Å²) in [4.78, 5) is 12.5. The van der Waals surface area contributed by atoms with Crippen molar-refractivity contribution in [2.45, 2.75) is 71.0 Å². The summed E-state index contributed by atoms with van der Waals surface area (Å²) in [5, 5.41) is 0.156. The minimum atomic E-state index is -1.91. The molecule has 0 N–H and O–H groups in total. The SMILES string of the molecule is C=C1C[C@]2(C)C(=O)CC[C@H]2c2cccc(O[Si](C)(C)C(C)(C)C)c21. The molecule has 0 amide bonds. The van der Waals surface area contributed by atoms with Crippen LogP contribution in [-0.2, 0) is 4.79 Å². The molecule has 24 heavy (non-hydrogen) atoms. The summed E-state index contributed by atoms with van der Waals surface area (Å²) >= 11 is 0. The third-order valence-corrected chi connectivity index (χ3v) is 10.9. The molecule has 3 heteroatoms. The number of allylic oxidation sites excluding steroid dienone is 1. The number of rotatable bonds is 2. The molecule has 0 heterocycles. The number of hydrogen-bond donors (Lipinski definition) is 0. The monoisotopic (exact) mass is 342 g/mol. The van der Waals surface area contributed by atoms with Gasteiger partial charge in [0.05, 0.1) is 0 Å². The van der Waals surface area contributed by atoms with Crippen LogP contribution in [0.15, 0.2) is 24.8 Å². The standard InChI is InChI=1S/C21H30O2Si/c1-14-13-21(5)16(11-12-18(21)22)15-9-8-10-17(19(14)15)23-24(6,7)20(2,3)4/h8-10,16H,1,11-13H2,2-7H3/t16-,21-/m0/s1. The molecular weight excluding hydrogens is 312 g/mol. The highest BCUT2D eigenvalue weighted by Gasteiger charge is 2.51. The first-order valence-corrected chi connectivity index (χ1v) is 11.9. The molecule has 0 saturated heterocycles. The predicted octanol–water partition coefficient (Wildman–Crippen LogP) is 5.94. The number of benzene rings is 1. The molecule has 1 aromatic carbocycles. The zero-order valence-electron chi connectivity index (χ0n) is 16.0. The summed E-state index contributed by atoms with van der Waals surface area (Å²) < 4.78 is 6.64. The van der Waals surface area contributed by atoms with Gasteiger partial charge in [0, 0.05) is 17.4 Å². The topological polar surface area (TPSA) is 26.3 Å². The van der Waals surface area contributed by atoms with Crippen molar-refractivity contribution in [2.75, 3.05) is 0 Å². The van der Waals surface area contributed by atoms with Crippen molar-refractivity contribution in [3.8, 4) is 5.75 Å². The Morgan fingerprint density at radius 3 is 2.58 bits per heavy atom. The van der Waals surface area contributed by atoms with E-state index in [0.717, 1.165) is 24.2 Å². The first-order valence-electron chi connectivity index (χ1n) is 9.01. The minimum Gasteiger partial charge on any atom is -0.543 e. The quantitative estimate of drug-likeness (QED) is 0.622. The van der Waals surface area contributed by atoms with Gasteiger partial charge >= 0.3 is 0 Å². The Bertz CT molecular complexity index is 711. The molecule has 0 spiro atoms. The van der Waals surface area contributed by atoms with Gasteiger partial charge in [-0.25, -0.2) is 0 Å². The lowest BCUT2D eigenvalue weighted by Crippen LogP contribution is -2.44. The normalized spacial score (nSPS) is 27.0. The van der Waals surface area contributed by atoms with Crippen molar-refractivity contribution in [1.29, 1.82) is 0 Å². The van der Waals surface area contributed by atoms with Crippen LogP contribution in [0, 0.1) is 5.41 Å². The lowest BCUT2D eigenvalue weighted by Gasteiger charge is -2.41. The average Bonchev–Trinajstić information content (AvgIpc) is 2.73. The second kappa shape index (κ2) is 5.32. The molecule has 0 bridgehead atoms. The fourth-order valence-corrected chi connectivity index (χ4v) is 5.08. The fraction of sp³-hybridized carbons (Fsp3) is 0.571. The Hall–Kier alpha value is -1.35. The van der Waals surface area contributed by atoms with Crippen molar-refractivity contribution in [1.82, 2.24) is 0 Å². The zero-order chi connectivity index (χ0) is 17.9. The molecule has 1 saturated carbocycles. The Balaban J connectivity index is 2.08. The highest BCUT2D eigenvalue weighted by molar-refractivity contribution is 6.74. The second-order valence-corrected chi connectivity index (χ2v) is 14.0. The molecule has 2 aliphatic carbocycles. The molecule has 0 unspecified atom stereocenters. The van der Waals surface area contributed by atoms with Crippen LogP contribution in [0.1, 0.15) is 64.0 Å². The maximum Gasteiger partial charge on any atom is 0.250 e. The molecule has 3 rings (SSSR count). The van der Waals surface area contributed by atoms with Gasteiger partial charge in [0.25, 0.3) is 8.32 Å². The molecule has 2 nitrogen and oxygen atoms in total. The third-order valence-electron chi connectivity index (χ3n) is 6.61. The largest absolute Gasteiger partial charge is 0.543 e. The highest BCUT2D eigenvalue weighted by Crippen LogP contribution is 2.58. The Morgan fingerprint density at radius 2 is 1.96 bits per heavy atom. The molecule has 2 aliphatic rings. The molecular formula is C21H30O2Si. The van der Waals surface area contributed by atoms with Gasteiger partial charge in [-0.15, -0.1) is 0 Å². The van der Waals surface area contributed by atoms with Gasteiger partial charge < -0.3 is 4.43 Å². The summed E-state index contributed by atoms with van der Waals surface area (Å²) in [5.41, 5.74) is 3.25. The van der Waals surface area contributed by atoms with Gasteiger partial charge in [-0.1, -0.05) is 46.4 Å². The van der Waals surface area contributed by atoms with Gasteiger partial charge in [0.1, 0.15) is 11.5 Å². The van der Waals surface area contributed by atoms with E-state index in [2.05, 4.69) is 65.6 Å². The van der Waals surface area contributed by atoms with E-state index in [9.17, 15) is 4.79 Å². The van der Waals surface area contributed by atoms with Gasteiger partial charge in [-0.2, -0.15) is 0 Å².